The topological polar surface area (TPSA) is 34.1 Å². The fraction of sp³-hybridized carbons (Fsp3) is 0.750. The zero-order valence-corrected chi connectivity index (χ0v) is 7.23. The molecule has 1 aliphatic rings. The molecule has 0 spiro atoms. The van der Waals surface area contributed by atoms with Crippen molar-refractivity contribution >= 4 is 22.6 Å². The first-order chi connectivity index (χ1) is 5.15. The van der Waals surface area contributed by atoms with Gasteiger partial charge in [-0.1, -0.05) is 6.92 Å². The fourth-order valence-electron chi connectivity index (χ4n) is 1.53. The van der Waals surface area contributed by atoms with Crippen LogP contribution in [0.5, 0.6) is 0 Å². The van der Waals surface area contributed by atoms with Gasteiger partial charge in [-0.25, -0.2) is 0 Å². The molecule has 0 aromatic rings. The van der Waals surface area contributed by atoms with Gasteiger partial charge < -0.3 is 0 Å². The van der Waals surface area contributed by atoms with Crippen LogP contribution in [0.4, 0.5) is 0 Å². The molecule has 0 heterocycles. The van der Waals surface area contributed by atoms with Gasteiger partial charge in [-0.2, -0.15) is 0 Å². The minimum absolute atomic E-state index is 0.0858. The van der Waals surface area contributed by atoms with Crippen molar-refractivity contribution < 1.29 is 9.59 Å². The van der Waals surface area contributed by atoms with E-state index >= 15 is 0 Å². The Hall–Kier alpha value is -0.370. The SMILES string of the molecule is CCC1CC(C(=O)Cl)CC1=O. The molecule has 1 fully saturated rings. The number of rotatable bonds is 2. The van der Waals surface area contributed by atoms with Crippen LogP contribution in [-0.2, 0) is 9.59 Å². The summed E-state index contributed by atoms with van der Waals surface area (Å²) < 4.78 is 0. The van der Waals surface area contributed by atoms with E-state index in [0.717, 1.165) is 6.42 Å². The summed E-state index contributed by atoms with van der Waals surface area (Å²) in [6.45, 7) is 1.96. The molecule has 1 saturated carbocycles. The van der Waals surface area contributed by atoms with Gasteiger partial charge in [-0.3, -0.25) is 9.59 Å². The molecule has 3 heteroatoms. The summed E-state index contributed by atoms with van der Waals surface area (Å²) in [5.74, 6) is 0.0864. The van der Waals surface area contributed by atoms with Gasteiger partial charge in [0, 0.05) is 18.3 Å². The summed E-state index contributed by atoms with van der Waals surface area (Å²) in [6, 6.07) is 0. The molecule has 2 unspecified atom stereocenters. The number of hydrogen-bond donors (Lipinski definition) is 0. The summed E-state index contributed by atoms with van der Waals surface area (Å²) in [4.78, 5) is 21.8. The van der Waals surface area contributed by atoms with E-state index in [0.29, 0.717) is 12.8 Å². The lowest BCUT2D eigenvalue weighted by molar-refractivity contribution is -0.122. The Balaban J connectivity index is 2.56. The first-order valence-corrected chi connectivity index (χ1v) is 4.25. The molecule has 2 atom stereocenters. The van der Waals surface area contributed by atoms with Crippen LogP contribution in [0.2, 0.25) is 0 Å². The summed E-state index contributed by atoms with van der Waals surface area (Å²) in [6.07, 6.45) is 1.86. The lowest BCUT2D eigenvalue weighted by Crippen LogP contribution is -2.03. The fourth-order valence-corrected chi connectivity index (χ4v) is 1.70. The van der Waals surface area contributed by atoms with E-state index in [2.05, 4.69) is 0 Å². The van der Waals surface area contributed by atoms with E-state index < -0.39 is 0 Å². The Bertz CT molecular complexity index is 189. The minimum Gasteiger partial charge on any atom is -0.299 e. The number of carbonyl (C=O) groups is 2. The smallest absolute Gasteiger partial charge is 0.225 e. The standard InChI is InChI=1S/C8H11ClO2/c1-2-5-3-6(8(9)11)4-7(5)10/h5-6H,2-4H2,1H3. The van der Waals surface area contributed by atoms with Crippen molar-refractivity contribution in [3.05, 3.63) is 0 Å². The average Bonchev–Trinajstić information content (AvgIpc) is 2.31. The van der Waals surface area contributed by atoms with Gasteiger partial charge in [0.05, 0.1) is 0 Å². The Morgan fingerprint density at radius 3 is 2.64 bits per heavy atom. The second-order valence-electron chi connectivity index (χ2n) is 3.01. The lowest BCUT2D eigenvalue weighted by atomic mass is 10.0. The quantitative estimate of drug-likeness (QED) is 0.598. The highest BCUT2D eigenvalue weighted by atomic mass is 35.5. The van der Waals surface area contributed by atoms with Crippen LogP contribution in [0.25, 0.3) is 0 Å². The van der Waals surface area contributed by atoms with Gasteiger partial charge in [0.1, 0.15) is 5.78 Å². The lowest BCUT2D eigenvalue weighted by Gasteiger charge is -2.01. The third-order valence-electron chi connectivity index (χ3n) is 2.29. The number of hydrogen-bond acceptors (Lipinski definition) is 2. The van der Waals surface area contributed by atoms with Crippen molar-refractivity contribution in [1.82, 2.24) is 0 Å². The third-order valence-corrected chi connectivity index (χ3v) is 2.59. The largest absolute Gasteiger partial charge is 0.299 e. The molecule has 0 N–H and O–H groups in total. The molecule has 1 rings (SSSR count). The number of carbonyl (C=O) groups excluding carboxylic acids is 2. The number of halogens is 1. The van der Waals surface area contributed by atoms with Crippen LogP contribution < -0.4 is 0 Å². The van der Waals surface area contributed by atoms with E-state index in [9.17, 15) is 9.59 Å². The second-order valence-corrected chi connectivity index (χ2v) is 3.38. The van der Waals surface area contributed by atoms with Crippen molar-refractivity contribution in [2.24, 2.45) is 11.8 Å². The van der Waals surface area contributed by atoms with Crippen LogP contribution >= 0.6 is 11.6 Å². The molecule has 0 aromatic heterocycles. The van der Waals surface area contributed by atoms with Crippen LogP contribution in [0.15, 0.2) is 0 Å². The first-order valence-electron chi connectivity index (χ1n) is 3.87. The predicted octanol–water partition coefficient (Wildman–Crippen LogP) is 1.76. The zero-order valence-electron chi connectivity index (χ0n) is 6.47. The van der Waals surface area contributed by atoms with Gasteiger partial charge in [-0.15, -0.1) is 0 Å². The first kappa shape index (κ1) is 8.72. The maximum atomic E-state index is 11.1. The van der Waals surface area contributed by atoms with Crippen molar-refractivity contribution in [2.75, 3.05) is 0 Å². The molecule has 11 heavy (non-hydrogen) atoms. The summed E-state index contributed by atoms with van der Waals surface area (Å²) in [5.41, 5.74) is 0. The van der Waals surface area contributed by atoms with Gasteiger partial charge in [0.2, 0.25) is 5.24 Å². The molecule has 0 aromatic carbocycles. The molecular weight excluding hydrogens is 164 g/mol. The highest BCUT2D eigenvalue weighted by Gasteiger charge is 2.34. The van der Waals surface area contributed by atoms with Gasteiger partial charge in [-0.05, 0) is 24.4 Å². The van der Waals surface area contributed by atoms with E-state index in [1.54, 1.807) is 0 Å². The van der Waals surface area contributed by atoms with Crippen LogP contribution in [-0.4, -0.2) is 11.0 Å². The molecule has 0 radical (unpaired) electrons. The van der Waals surface area contributed by atoms with Crippen LogP contribution in [0.1, 0.15) is 26.2 Å². The predicted molar refractivity (Wildman–Crippen MR) is 42.4 cm³/mol. The molecule has 0 aliphatic heterocycles. The average molecular weight is 175 g/mol. The van der Waals surface area contributed by atoms with Crippen molar-refractivity contribution in [3.63, 3.8) is 0 Å². The Morgan fingerprint density at radius 2 is 2.36 bits per heavy atom. The van der Waals surface area contributed by atoms with E-state index in [1.165, 1.54) is 0 Å². The van der Waals surface area contributed by atoms with E-state index in [1.807, 2.05) is 6.92 Å². The Kier molecular flexibility index (Phi) is 2.66. The molecule has 1 aliphatic carbocycles. The van der Waals surface area contributed by atoms with Crippen molar-refractivity contribution in [3.8, 4) is 0 Å². The molecule has 0 saturated heterocycles. The summed E-state index contributed by atoms with van der Waals surface area (Å²) in [7, 11) is 0. The third kappa shape index (κ3) is 1.80. The minimum atomic E-state index is -0.352. The summed E-state index contributed by atoms with van der Waals surface area (Å²) >= 11 is 5.28. The second kappa shape index (κ2) is 3.35. The zero-order chi connectivity index (χ0) is 8.43. The molecular formula is C8H11ClO2. The monoisotopic (exact) mass is 174 g/mol. The van der Waals surface area contributed by atoms with Gasteiger partial charge >= 0.3 is 0 Å². The van der Waals surface area contributed by atoms with Crippen LogP contribution in [0.3, 0.4) is 0 Å². The maximum Gasteiger partial charge on any atom is 0.225 e. The van der Waals surface area contributed by atoms with Crippen molar-refractivity contribution in [2.45, 2.75) is 26.2 Å². The van der Waals surface area contributed by atoms with E-state index in [-0.39, 0.29) is 22.9 Å². The Morgan fingerprint density at radius 1 is 1.73 bits per heavy atom. The molecule has 2 nitrogen and oxygen atoms in total. The molecule has 0 bridgehead atoms. The number of Topliss-reactive ketones (excluding diaryl/α,β-unsaturated/α-hetero) is 1. The molecule has 62 valence electrons. The summed E-state index contributed by atoms with van der Waals surface area (Å²) in [5, 5.41) is -0.352. The van der Waals surface area contributed by atoms with Gasteiger partial charge in [0.25, 0.3) is 0 Å². The van der Waals surface area contributed by atoms with E-state index in [4.69, 9.17) is 11.6 Å². The highest BCUT2D eigenvalue weighted by molar-refractivity contribution is 6.64. The Labute approximate surface area is 70.9 Å². The highest BCUT2D eigenvalue weighted by Crippen LogP contribution is 2.31. The van der Waals surface area contributed by atoms with Crippen molar-refractivity contribution in [1.29, 1.82) is 0 Å². The maximum absolute atomic E-state index is 11.1. The normalized spacial score (nSPS) is 30.9. The van der Waals surface area contributed by atoms with Crippen LogP contribution in [0, 0.1) is 11.8 Å². The molecule has 0 amide bonds. The van der Waals surface area contributed by atoms with Gasteiger partial charge in [0.15, 0.2) is 0 Å². The number of ketones is 1.